The van der Waals surface area contributed by atoms with Gasteiger partial charge in [-0.2, -0.15) is 0 Å². The number of aliphatic imine (C=N–C) groups is 1. The van der Waals surface area contributed by atoms with Gasteiger partial charge in [-0.05, 0) is 62.4 Å². The number of amides is 4. The van der Waals surface area contributed by atoms with Crippen LogP contribution in [-0.2, 0) is 28.4 Å². The molecule has 0 aliphatic carbocycles. The zero-order valence-electron chi connectivity index (χ0n) is 32.4. The van der Waals surface area contributed by atoms with Crippen LogP contribution < -0.4 is 31.2 Å². The molecular weight excluding hydrogens is 734 g/mol. The molecule has 6 rings (SSSR count). The highest BCUT2D eigenvalue weighted by molar-refractivity contribution is 6.04. The summed E-state index contributed by atoms with van der Waals surface area (Å²) in [6.07, 6.45) is 8.00. The van der Waals surface area contributed by atoms with Gasteiger partial charge in [0.1, 0.15) is 11.7 Å². The van der Waals surface area contributed by atoms with Crippen LogP contribution in [-0.4, -0.2) is 100 Å². The van der Waals surface area contributed by atoms with Crippen molar-refractivity contribution in [2.75, 3.05) is 44.0 Å². The minimum atomic E-state index is -0.693. The fraction of sp³-hybridized carbons (Fsp3) is 0.375. The van der Waals surface area contributed by atoms with Crippen molar-refractivity contribution in [3.63, 3.8) is 0 Å². The summed E-state index contributed by atoms with van der Waals surface area (Å²) in [7, 11) is 4.94. The van der Waals surface area contributed by atoms with Gasteiger partial charge >= 0.3 is 5.97 Å². The minimum Gasteiger partial charge on any atom is -0.493 e. The van der Waals surface area contributed by atoms with E-state index in [0.29, 0.717) is 60.1 Å². The molecule has 17 nitrogen and oxygen atoms in total. The van der Waals surface area contributed by atoms with E-state index in [2.05, 4.69) is 25.9 Å². The predicted octanol–water partition coefficient (Wildman–Crippen LogP) is 3.82. The lowest BCUT2D eigenvalue weighted by Crippen LogP contribution is -2.35. The molecule has 1 fully saturated rings. The second kappa shape index (κ2) is 18.0. The Morgan fingerprint density at radius 3 is 2.49 bits per heavy atom. The smallest absolute Gasteiger partial charge is 0.322 e. The first-order valence-corrected chi connectivity index (χ1v) is 18.7. The Hall–Kier alpha value is -6.49. The maximum absolute atomic E-state index is 13.1. The highest BCUT2D eigenvalue weighted by atomic mass is 16.5. The molecule has 4 amide bonds. The number of hydrogen-bond acceptors (Lipinski definition) is 11. The van der Waals surface area contributed by atoms with Crippen LogP contribution in [0.25, 0.3) is 11.1 Å². The third-order valence-electron chi connectivity index (χ3n) is 9.55. The SMILES string of the molecule is COc1cc2c(cc1OCCCC(=O)Nc1cn(C)c(C(=O)Nc3ccc(-c4cc(C(=O)NCCCOC(=O)C(C)N)n(C)c4)cc3)n1)N=C[C@@H]1CCCN1C2=O. The van der Waals surface area contributed by atoms with Gasteiger partial charge in [-0.3, -0.25) is 29.0 Å². The monoisotopic (exact) mass is 781 g/mol. The van der Waals surface area contributed by atoms with Crippen molar-refractivity contribution in [2.45, 2.75) is 51.1 Å². The Bertz CT molecular complexity index is 2170. The molecule has 1 saturated heterocycles. The van der Waals surface area contributed by atoms with Gasteiger partial charge in [0, 0.05) is 69.5 Å². The number of nitrogens with one attached hydrogen (secondary N) is 3. The predicted molar refractivity (Wildman–Crippen MR) is 212 cm³/mol. The van der Waals surface area contributed by atoms with E-state index in [-0.39, 0.29) is 55.0 Å². The van der Waals surface area contributed by atoms with Crippen LogP contribution in [0.3, 0.4) is 0 Å². The van der Waals surface area contributed by atoms with Crippen molar-refractivity contribution >= 4 is 53.0 Å². The second-order valence-electron chi connectivity index (χ2n) is 13.9. The topological polar surface area (TPSA) is 214 Å². The van der Waals surface area contributed by atoms with E-state index in [0.717, 1.165) is 24.0 Å². The van der Waals surface area contributed by atoms with Crippen molar-refractivity contribution in [1.29, 1.82) is 0 Å². The van der Waals surface area contributed by atoms with Gasteiger partial charge in [-0.15, -0.1) is 0 Å². The van der Waals surface area contributed by atoms with Crippen molar-refractivity contribution < 1.29 is 38.2 Å². The number of esters is 1. The molecule has 0 radical (unpaired) electrons. The highest BCUT2D eigenvalue weighted by Gasteiger charge is 2.32. The largest absolute Gasteiger partial charge is 0.493 e. The summed E-state index contributed by atoms with van der Waals surface area (Å²) in [6, 6.07) is 11.6. The normalized spacial score (nSPS) is 14.9. The van der Waals surface area contributed by atoms with Crippen molar-refractivity contribution in [3.8, 4) is 22.6 Å². The molecule has 17 heteroatoms. The quantitative estimate of drug-likeness (QED) is 0.0953. The van der Waals surface area contributed by atoms with Gasteiger partial charge in [0.2, 0.25) is 11.7 Å². The first-order valence-electron chi connectivity index (χ1n) is 18.7. The standard InChI is InChI=1S/C40H47N9O8/c1-24(41)40(54)57-17-7-14-42-37(51)31-18-26(22-47(31)2)25-10-12-27(13-11-25)44-38(52)36-46-34(23-48(36)3)45-35(50)9-6-16-56-33-20-30-29(19-32(33)55-4)39(53)49-15-5-8-28(49)21-43-30/h10-13,18-24,28H,5-9,14-17,41H2,1-4H3,(H,42,51)(H,44,52)(H,45,50)/t24?,28-/m0/s1. The number of carbonyl (C=O) groups is 5. The number of rotatable bonds is 16. The molecule has 5 N–H and O–H groups in total. The lowest BCUT2D eigenvalue weighted by molar-refractivity contribution is -0.144. The van der Waals surface area contributed by atoms with Crippen LogP contribution in [0.2, 0.25) is 0 Å². The van der Waals surface area contributed by atoms with Crippen LogP contribution >= 0.6 is 0 Å². The summed E-state index contributed by atoms with van der Waals surface area (Å²) >= 11 is 0. The zero-order valence-corrected chi connectivity index (χ0v) is 32.4. The Kier molecular flexibility index (Phi) is 12.7. The highest BCUT2D eigenvalue weighted by Crippen LogP contribution is 2.38. The van der Waals surface area contributed by atoms with E-state index >= 15 is 0 Å². The third-order valence-corrected chi connectivity index (χ3v) is 9.55. The molecule has 300 valence electrons. The number of hydrogen-bond donors (Lipinski definition) is 4. The van der Waals surface area contributed by atoms with E-state index in [1.807, 2.05) is 29.4 Å². The Balaban J connectivity index is 0.960. The number of benzene rings is 2. The molecule has 0 saturated carbocycles. The van der Waals surface area contributed by atoms with Crippen LogP contribution in [0.15, 0.2) is 59.9 Å². The van der Waals surface area contributed by atoms with Gasteiger partial charge in [-0.1, -0.05) is 12.1 Å². The molecule has 4 aromatic rings. The number of anilines is 2. The number of carbonyl (C=O) groups excluding carboxylic acids is 5. The van der Waals surface area contributed by atoms with Crippen LogP contribution in [0, 0.1) is 0 Å². The van der Waals surface area contributed by atoms with E-state index in [9.17, 15) is 24.0 Å². The maximum atomic E-state index is 13.1. The van der Waals surface area contributed by atoms with Gasteiger partial charge in [0.05, 0.1) is 37.6 Å². The number of nitrogens with two attached hydrogens (primary N) is 1. The van der Waals surface area contributed by atoms with Crippen molar-refractivity contribution in [2.24, 2.45) is 24.8 Å². The Morgan fingerprint density at radius 1 is 0.947 bits per heavy atom. The summed E-state index contributed by atoms with van der Waals surface area (Å²) < 4.78 is 19.7. The number of imidazole rings is 1. The lowest BCUT2D eigenvalue weighted by atomic mass is 10.1. The molecule has 2 atom stereocenters. The minimum absolute atomic E-state index is 0.00733. The van der Waals surface area contributed by atoms with Gasteiger partial charge in [0.15, 0.2) is 17.3 Å². The molecule has 0 spiro atoms. The van der Waals surface area contributed by atoms with E-state index in [1.54, 1.807) is 62.1 Å². The van der Waals surface area contributed by atoms with Crippen LogP contribution in [0.4, 0.5) is 17.2 Å². The second-order valence-corrected chi connectivity index (χ2v) is 13.9. The first kappa shape index (κ1) is 40.2. The van der Waals surface area contributed by atoms with Gasteiger partial charge in [-0.25, -0.2) is 4.98 Å². The molecule has 2 aliphatic rings. The number of nitrogens with zero attached hydrogens (tertiary/aromatic N) is 5. The summed E-state index contributed by atoms with van der Waals surface area (Å²) in [5.74, 6) is -0.421. The van der Waals surface area contributed by atoms with Crippen molar-refractivity contribution in [3.05, 3.63) is 71.9 Å². The number of methoxy groups -OCH3 is 1. The number of aryl methyl sites for hydroxylation is 2. The first-order chi connectivity index (χ1) is 27.4. The fourth-order valence-electron chi connectivity index (χ4n) is 6.53. The zero-order chi connectivity index (χ0) is 40.6. The molecule has 2 aliphatic heterocycles. The summed E-state index contributed by atoms with van der Waals surface area (Å²) in [5, 5.41) is 8.39. The number of ether oxygens (including phenoxy) is 3. The third kappa shape index (κ3) is 9.67. The van der Waals surface area contributed by atoms with Crippen LogP contribution in [0.5, 0.6) is 11.5 Å². The van der Waals surface area contributed by atoms with Crippen LogP contribution in [0.1, 0.15) is 70.5 Å². The molecule has 2 aromatic carbocycles. The molecule has 57 heavy (non-hydrogen) atoms. The van der Waals surface area contributed by atoms with E-state index < -0.39 is 17.9 Å². The van der Waals surface area contributed by atoms with Gasteiger partial charge in [0.25, 0.3) is 17.7 Å². The maximum Gasteiger partial charge on any atom is 0.322 e. The lowest BCUT2D eigenvalue weighted by Gasteiger charge is -2.20. The number of aromatic nitrogens is 3. The Morgan fingerprint density at radius 2 is 1.74 bits per heavy atom. The molecule has 2 aromatic heterocycles. The summed E-state index contributed by atoms with van der Waals surface area (Å²) in [6.45, 7) is 2.94. The molecule has 4 heterocycles. The average molecular weight is 782 g/mol. The molecule has 1 unspecified atom stereocenters. The van der Waals surface area contributed by atoms with Crippen molar-refractivity contribution in [1.82, 2.24) is 24.3 Å². The average Bonchev–Trinajstić information content (AvgIpc) is 3.91. The van der Waals surface area contributed by atoms with E-state index in [4.69, 9.17) is 19.9 Å². The van der Waals surface area contributed by atoms with E-state index in [1.165, 1.54) is 11.7 Å². The summed E-state index contributed by atoms with van der Waals surface area (Å²) in [5.41, 5.74) is 9.09. The number of fused-ring (bicyclic) bond motifs is 2. The molecule has 0 bridgehead atoms. The molecular formula is C40H47N9O8. The summed E-state index contributed by atoms with van der Waals surface area (Å²) in [4.78, 5) is 73.9. The Labute approximate surface area is 329 Å². The fourth-order valence-corrected chi connectivity index (χ4v) is 6.53. The van der Waals surface area contributed by atoms with Gasteiger partial charge < -0.3 is 49.9 Å².